The van der Waals surface area contributed by atoms with Crippen LogP contribution in [0.4, 0.5) is 10.1 Å². The lowest BCUT2D eigenvalue weighted by molar-refractivity contribution is -0.116. The summed E-state index contributed by atoms with van der Waals surface area (Å²) in [6.45, 7) is 5.74. The number of ether oxygens (including phenoxy) is 1. The second-order valence-corrected chi connectivity index (χ2v) is 9.02. The second-order valence-electron chi connectivity index (χ2n) is 7.08. The Labute approximate surface area is 194 Å². The maximum absolute atomic E-state index is 12.9. The Bertz CT molecular complexity index is 1110. The molecule has 1 N–H and O–H groups in total. The van der Waals surface area contributed by atoms with Crippen LogP contribution in [0.3, 0.4) is 0 Å². The van der Waals surface area contributed by atoms with Crippen molar-refractivity contribution < 1.29 is 19.1 Å². The van der Waals surface area contributed by atoms with Crippen LogP contribution in [0.15, 0.2) is 11.0 Å². The van der Waals surface area contributed by atoms with Gasteiger partial charge in [-0.1, -0.05) is 0 Å². The van der Waals surface area contributed by atoms with E-state index < -0.39 is 11.9 Å². The summed E-state index contributed by atoms with van der Waals surface area (Å²) in [5, 5.41) is 14.9. The zero-order chi connectivity index (χ0) is 23.3. The molecule has 0 radical (unpaired) electrons. The zero-order valence-electron chi connectivity index (χ0n) is 18.2. The van der Waals surface area contributed by atoms with Crippen molar-refractivity contribution >= 4 is 56.7 Å². The predicted octanol–water partition coefficient (Wildman–Crippen LogP) is 4.18. The average molecular weight is 473 g/mol. The monoisotopic (exact) mass is 472 g/mol. The van der Waals surface area contributed by atoms with Gasteiger partial charge in [0.15, 0.2) is 5.13 Å². The number of thiophene rings is 1. The third kappa shape index (κ3) is 5.06. The first kappa shape index (κ1) is 23.6. The first-order chi connectivity index (χ1) is 15.4. The van der Waals surface area contributed by atoms with Gasteiger partial charge in [-0.25, -0.2) is 9.78 Å². The van der Waals surface area contributed by atoms with E-state index in [1.54, 1.807) is 12.3 Å². The number of nitrogens with one attached hydrogen (secondary N) is 1. The summed E-state index contributed by atoms with van der Waals surface area (Å²) in [6, 6.07) is 1.90. The van der Waals surface area contributed by atoms with Crippen molar-refractivity contribution in [3.8, 4) is 6.07 Å². The topological polar surface area (TPSA) is 112 Å². The van der Waals surface area contributed by atoms with Crippen molar-refractivity contribution in [1.82, 2.24) is 4.98 Å². The van der Waals surface area contributed by atoms with E-state index in [0.717, 1.165) is 36.1 Å². The Morgan fingerprint density at radius 1 is 1.31 bits per heavy atom. The SMILES string of the molecule is CCOC(=O)c1c(NC(=O)/C(C#N)=C/c2csc(N(CC)C(C)=O)n2)sc2c1CCCC2. The van der Waals surface area contributed by atoms with Gasteiger partial charge in [0.2, 0.25) is 5.91 Å². The van der Waals surface area contributed by atoms with Crippen LogP contribution >= 0.6 is 22.7 Å². The minimum Gasteiger partial charge on any atom is -0.462 e. The van der Waals surface area contributed by atoms with Gasteiger partial charge in [0.25, 0.3) is 5.91 Å². The number of carbonyl (C=O) groups is 3. The van der Waals surface area contributed by atoms with E-state index >= 15 is 0 Å². The molecule has 0 spiro atoms. The van der Waals surface area contributed by atoms with E-state index in [1.165, 1.54) is 40.6 Å². The Morgan fingerprint density at radius 2 is 2.06 bits per heavy atom. The van der Waals surface area contributed by atoms with Crippen molar-refractivity contribution in [2.75, 3.05) is 23.4 Å². The van der Waals surface area contributed by atoms with Crippen LogP contribution in [-0.2, 0) is 27.2 Å². The molecule has 0 aromatic carbocycles. The number of hydrogen-bond donors (Lipinski definition) is 1. The van der Waals surface area contributed by atoms with Gasteiger partial charge >= 0.3 is 5.97 Å². The lowest BCUT2D eigenvalue weighted by Crippen LogP contribution is -2.27. The number of aryl methyl sites for hydroxylation is 1. The minimum atomic E-state index is -0.620. The van der Waals surface area contributed by atoms with Crippen LogP contribution in [0.25, 0.3) is 6.08 Å². The molecular formula is C22H24N4O4S2. The molecule has 0 unspecified atom stereocenters. The molecule has 168 valence electrons. The lowest BCUT2D eigenvalue weighted by atomic mass is 9.95. The van der Waals surface area contributed by atoms with Crippen LogP contribution in [0.5, 0.6) is 0 Å². The van der Waals surface area contributed by atoms with Crippen LogP contribution in [-0.4, -0.2) is 35.9 Å². The van der Waals surface area contributed by atoms with Crippen LogP contribution in [0.2, 0.25) is 0 Å². The van der Waals surface area contributed by atoms with E-state index in [4.69, 9.17) is 4.74 Å². The van der Waals surface area contributed by atoms with Gasteiger partial charge in [0, 0.05) is 23.7 Å². The van der Waals surface area contributed by atoms with Crippen LogP contribution in [0.1, 0.15) is 60.1 Å². The van der Waals surface area contributed by atoms with Gasteiger partial charge in [-0.15, -0.1) is 22.7 Å². The standard InChI is InChI=1S/C22H24N4O4S2/c1-4-26(13(3)27)22-24-15(12-31-22)10-14(11-23)19(28)25-20-18(21(29)30-5-2)16-8-6-7-9-17(16)32-20/h10,12H,4-9H2,1-3H3,(H,25,28)/b14-10+. The number of thiazole rings is 1. The fourth-order valence-corrected chi connectivity index (χ4v) is 5.66. The number of aromatic nitrogens is 1. The number of esters is 1. The number of amides is 2. The molecule has 10 heteroatoms. The fraction of sp³-hybridized carbons (Fsp3) is 0.409. The molecule has 2 aromatic heterocycles. The molecule has 8 nitrogen and oxygen atoms in total. The first-order valence-corrected chi connectivity index (χ1v) is 12.1. The van der Waals surface area contributed by atoms with E-state index in [-0.39, 0.29) is 18.1 Å². The number of rotatable bonds is 7. The molecule has 1 aliphatic carbocycles. The molecule has 2 aromatic rings. The number of carbonyl (C=O) groups excluding carboxylic acids is 3. The number of nitrogens with zero attached hydrogens (tertiary/aromatic N) is 3. The summed E-state index contributed by atoms with van der Waals surface area (Å²) in [5.41, 5.74) is 1.60. The predicted molar refractivity (Wildman–Crippen MR) is 125 cm³/mol. The third-order valence-corrected chi connectivity index (χ3v) is 7.06. The van der Waals surface area contributed by atoms with Crippen molar-refractivity contribution in [3.05, 3.63) is 32.7 Å². The molecule has 0 bridgehead atoms. The number of nitriles is 1. The van der Waals surface area contributed by atoms with Crippen LogP contribution in [0, 0.1) is 11.3 Å². The number of anilines is 2. The fourth-order valence-electron chi connectivity index (χ4n) is 3.50. The van der Waals surface area contributed by atoms with Crippen molar-refractivity contribution in [2.24, 2.45) is 0 Å². The first-order valence-electron chi connectivity index (χ1n) is 10.4. The molecule has 32 heavy (non-hydrogen) atoms. The van der Waals surface area contributed by atoms with E-state index in [1.807, 2.05) is 13.0 Å². The van der Waals surface area contributed by atoms with Crippen molar-refractivity contribution in [3.63, 3.8) is 0 Å². The van der Waals surface area contributed by atoms with Gasteiger partial charge in [0.05, 0.1) is 17.9 Å². The minimum absolute atomic E-state index is 0.135. The molecule has 0 atom stereocenters. The lowest BCUT2D eigenvalue weighted by Gasteiger charge is -2.14. The Hall–Kier alpha value is -3.03. The molecule has 2 heterocycles. The molecule has 0 aliphatic heterocycles. The van der Waals surface area contributed by atoms with E-state index in [2.05, 4.69) is 10.3 Å². The summed E-state index contributed by atoms with van der Waals surface area (Å²) < 4.78 is 5.21. The van der Waals surface area contributed by atoms with Crippen LogP contribution < -0.4 is 10.2 Å². The summed E-state index contributed by atoms with van der Waals surface area (Å²) in [7, 11) is 0. The smallest absolute Gasteiger partial charge is 0.341 e. The molecule has 0 fully saturated rings. The van der Waals surface area contributed by atoms with E-state index in [9.17, 15) is 19.6 Å². The highest BCUT2D eigenvalue weighted by molar-refractivity contribution is 7.17. The van der Waals surface area contributed by atoms with Crippen molar-refractivity contribution in [2.45, 2.75) is 46.5 Å². The second kappa shape index (κ2) is 10.5. The quantitative estimate of drug-likeness (QED) is 0.367. The number of fused-ring (bicyclic) bond motifs is 1. The molecule has 0 saturated carbocycles. The highest BCUT2D eigenvalue weighted by Gasteiger charge is 2.28. The maximum Gasteiger partial charge on any atom is 0.341 e. The largest absolute Gasteiger partial charge is 0.462 e. The average Bonchev–Trinajstić information content (AvgIpc) is 3.36. The highest BCUT2D eigenvalue weighted by atomic mass is 32.1. The Morgan fingerprint density at radius 3 is 2.72 bits per heavy atom. The highest BCUT2D eigenvalue weighted by Crippen LogP contribution is 2.38. The molecule has 0 saturated heterocycles. The van der Waals surface area contributed by atoms with Gasteiger partial charge in [0.1, 0.15) is 16.6 Å². The Balaban J connectivity index is 1.87. The molecular weight excluding hydrogens is 448 g/mol. The Kier molecular flexibility index (Phi) is 7.77. The van der Waals surface area contributed by atoms with E-state index in [0.29, 0.717) is 27.9 Å². The molecule has 1 aliphatic rings. The van der Waals surface area contributed by atoms with Gasteiger partial charge in [-0.2, -0.15) is 5.26 Å². The normalized spacial score (nSPS) is 13.1. The maximum atomic E-state index is 12.9. The van der Waals surface area contributed by atoms with Crippen molar-refractivity contribution in [1.29, 1.82) is 5.26 Å². The third-order valence-electron chi connectivity index (χ3n) is 4.97. The van der Waals surface area contributed by atoms with Gasteiger partial charge in [-0.05, 0) is 51.2 Å². The summed E-state index contributed by atoms with van der Waals surface area (Å²) in [5.74, 6) is -1.22. The summed E-state index contributed by atoms with van der Waals surface area (Å²) in [6.07, 6.45) is 5.01. The molecule has 2 amide bonds. The number of hydrogen-bond acceptors (Lipinski definition) is 8. The molecule has 3 rings (SSSR count). The summed E-state index contributed by atoms with van der Waals surface area (Å²) >= 11 is 2.62. The zero-order valence-corrected chi connectivity index (χ0v) is 19.8. The van der Waals surface area contributed by atoms with Gasteiger partial charge < -0.3 is 10.1 Å². The summed E-state index contributed by atoms with van der Waals surface area (Å²) in [4.78, 5) is 44.1. The van der Waals surface area contributed by atoms with Gasteiger partial charge in [-0.3, -0.25) is 14.5 Å².